The number of ether oxygens (including phenoxy) is 12. The second-order valence-corrected chi connectivity index (χ2v) is 29.0. The van der Waals surface area contributed by atoms with Gasteiger partial charge in [0.2, 0.25) is 6.29 Å². The van der Waals surface area contributed by atoms with Crippen LogP contribution in [0.2, 0.25) is 0 Å². The molecular weight excluding hydrogens is 1180 g/mol. The summed E-state index contributed by atoms with van der Waals surface area (Å²) in [6.45, 7) is 17.3. The van der Waals surface area contributed by atoms with Gasteiger partial charge in [0.05, 0.1) is 38.1 Å². The molecular formula is C61H94O28. The Bertz CT molecular complexity index is 2620. The Morgan fingerprint density at radius 2 is 1.12 bits per heavy atom. The smallest absolute Gasteiger partial charge is 0.335 e. The predicted molar refractivity (Wildman–Crippen MR) is 297 cm³/mol. The molecule has 12 N–H and O–H groups in total. The molecule has 10 rings (SSSR count). The summed E-state index contributed by atoms with van der Waals surface area (Å²) in [4.78, 5) is 51.7. The molecule has 0 spiro atoms. The van der Waals surface area contributed by atoms with Crippen molar-refractivity contribution in [3.8, 4) is 0 Å². The van der Waals surface area contributed by atoms with Crippen molar-refractivity contribution in [3.63, 3.8) is 0 Å². The molecule has 0 aromatic rings. The van der Waals surface area contributed by atoms with Gasteiger partial charge in [0, 0.05) is 13.8 Å². The number of aliphatic hydroxyl groups is 11. The quantitative estimate of drug-likeness (QED) is 0.0452. The molecule has 0 aromatic heterocycles. The highest BCUT2D eigenvalue weighted by molar-refractivity contribution is 5.80. The number of fused-ring (bicyclic) bond motifs is 7. The maximum Gasteiger partial charge on any atom is 0.335 e. The van der Waals surface area contributed by atoms with Crippen LogP contribution < -0.4 is 0 Å². The normalized spacial score (nSPS) is 51.2. The van der Waals surface area contributed by atoms with E-state index in [2.05, 4.69) is 54.5 Å². The molecule has 0 aromatic carbocycles. The first-order valence-corrected chi connectivity index (χ1v) is 31.3. The van der Waals surface area contributed by atoms with Crippen molar-refractivity contribution in [3.05, 3.63) is 11.6 Å². The zero-order chi connectivity index (χ0) is 65.2. The average Bonchev–Trinajstić information content (AvgIpc) is 0.674. The van der Waals surface area contributed by atoms with Crippen LogP contribution in [0, 0.1) is 50.2 Å². The number of carbonyl (C=O) groups is 4. The lowest BCUT2D eigenvalue weighted by molar-refractivity contribution is -0.388. The number of carbonyl (C=O) groups excluding carboxylic acids is 3. The Morgan fingerprint density at radius 3 is 1.79 bits per heavy atom. The Labute approximate surface area is 515 Å². The van der Waals surface area contributed by atoms with E-state index in [0.717, 1.165) is 32.3 Å². The van der Waals surface area contributed by atoms with E-state index >= 15 is 4.79 Å². The number of aliphatic carboxylic acids is 1. The summed E-state index contributed by atoms with van der Waals surface area (Å²) in [5.74, 6) is -4.40. The summed E-state index contributed by atoms with van der Waals surface area (Å²) >= 11 is 0. The van der Waals surface area contributed by atoms with Gasteiger partial charge >= 0.3 is 23.9 Å². The van der Waals surface area contributed by atoms with Crippen LogP contribution in [0.15, 0.2) is 11.6 Å². The van der Waals surface area contributed by atoms with Gasteiger partial charge in [-0.25, -0.2) is 4.79 Å². The van der Waals surface area contributed by atoms with Gasteiger partial charge in [0.25, 0.3) is 0 Å². The van der Waals surface area contributed by atoms with Crippen molar-refractivity contribution in [1.82, 2.24) is 0 Å². The summed E-state index contributed by atoms with van der Waals surface area (Å²) in [6.07, 6.45) is -32.5. The van der Waals surface area contributed by atoms with Crippen LogP contribution in [-0.4, -0.2) is 252 Å². The third-order valence-corrected chi connectivity index (χ3v) is 22.9. The van der Waals surface area contributed by atoms with Gasteiger partial charge in [-0.1, -0.05) is 60.1 Å². The standard InChI is InChI=1S/C61H94O28/c1-24-44(85-51-42(73)45(83-26(3)63)31(23-80-51)82-25(2)62)46(86-50-40(71)36(67)29(64)21-78-50)43(74)53(81-24)88-48-37(68)30(65)22-79-54(48)89-55(77)61-18-17-56(4,5)19-28(61)27-11-12-33-58(8)15-14-35(84-52-41(72)38(69)39(70)47(87-52)49(75)76)57(6,7)32(58)13-16-59(33,9)60(27,10)20-34(61)66/h11,24,28-48,50-54,64-74H,12-23H2,1-10H3,(H,75,76)/t24-,28-,29+,30-,31+,32-,33+,34+,35-,36-,37-,38-,39-,40+,41+,42+,43+,44-,45-,46-,47-,48+,50-,51-,52+,53-,54-,58-,59+,60+,61+/m0/s1. The van der Waals surface area contributed by atoms with Crippen LogP contribution in [0.3, 0.4) is 0 Å². The van der Waals surface area contributed by atoms with Crippen molar-refractivity contribution < 1.29 is 137 Å². The minimum atomic E-state index is -2.04. The number of allylic oxidation sites excluding steroid dienone is 2. The first kappa shape index (κ1) is 68.7. The molecule has 10 aliphatic rings. The van der Waals surface area contributed by atoms with E-state index in [9.17, 15) is 75.7 Å². The van der Waals surface area contributed by atoms with Crippen LogP contribution in [0.4, 0.5) is 0 Å². The number of hydrogen-bond acceptors (Lipinski definition) is 27. The molecule has 89 heavy (non-hydrogen) atoms. The maximum atomic E-state index is 15.6. The number of esters is 3. The molecule has 5 aliphatic carbocycles. The van der Waals surface area contributed by atoms with Crippen molar-refractivity contribution in [2.75, 3.05) is 19.8 Å². The van der Waals surface area contributed by atoms with Crippen molar-refractivity contribution in [2.45, 2.75) is 274 Å². The predicted octanol–water partition coefficient (Wildman–Crippen LogP) is -1.06. The fourth-order valence-electron chi connectivity index (χ4n) is 17.8. The van der Waals surface area contributed by atoms with E-state index in [0.29, 0.717) is 32.1 Å². The molecule has 31 atom stereocenters. The lowest BCUT2D eigenvalue weighted by Gasteiger charge is -2.71. The zero-order valence-corrected chi connectivity index (χ0v) is 52.0. The first-order valence-electron chi connectivity index (χ1n) is 31.3. The summed E-state index contributed by atoms with van der Waals surface area (Å²) in [7, 11) is 0. The van der Waals surface area contributed by atoms with E-state index in [1.54, 1.807) is 0 Å². The first-order chi connectivity index (χ1) is 41.5. The molecule has 0 radical (unpaired) electrons. The molecule has 4 saturated carbocycles. The largest absolute Gasteiger partial charge is 0.479 e. The third-order valence-electron chi connectivity index (χ3n) is 22.9. The number of carboxylic acids is 1. The van der Waals surface area contributed by atoms with Gasteiger partial charge in [-0.15, -0.1) is 0 Å². The molecule has 5 aliphatic heterocycles. The minimum absolute atomic E-state index is 0.0458. The van der Waals surface area contributed by atoms with Gasteiger partial charge in [0.15, 0.2) is 49.6 Å². The summed E-state index contributed by atoms with van der Waals surface area (Å²) in [6, 6.07) is 0. The second kappa shape index (κ2) is 25.2. The molecule has 9 fully saturated rings. The fourth-order valence-corrected chi connectivity index (χ4v) is 17.8. The number of hydrogen-bond donors (Lipinski definition) is 12. The fraction of sp³-hybridized carbons (Fsp3) is 0.902. The van der Waals surface area contributed by atoms with Gasteiger partial charge in [0.1, 0.15) is 78.7 Å². The Kier molecular flexibility index (Phi) is 19.4. The molecule has 0 unspecified atom stereocenters. The second-order valence-electron chi connectivity index (χ2n) is 29.0. The van der Waals surface area contributed by atoms with Gasteiger partial charge < -0.3 is 118 Å². The van der Waals surface area contributed by atoms with Crippen LogP contribution >= 0.6 is 0 Å². The van der Waals surface area contributed by atoms with E-state index in [1.807, 2.05) is 0 Å². The van der Waals surface area contributed by atoms with Crippen LogP contribution in [0.25, 0.3) is 0 Å². The Hall–Kier alpha value is -3.18. The highest BCUT2D eigenvalue weighted by Gasteiger charge is 2.72. The van der Waals surface area contributed by atoms with Crippen LogP contribution in [-0.2, 0) is 76.0 Å². The molecule has 5 heterocycles. The van der Waals surface area contributed by atoms with Gasteiger partial charge in [-0.05, 0) is 110 Å². The van der Waals surface area contributed by atoms with Gasteiger partial charge in [-0.3, -0.25) is 14.4 Å². The molecule has 0 bridgehead atoms. The number of rotatable bonds is 13. The highest BCUT2D eigenvalue weighted by atomic mass is 16.8. The Morgan fingerprint density at radius 1 is 0.539 bits per heavy atom. The molecule has 5 saturated heterocycles. The zero-order valence-electron chi connectivity index (χ0n) is 52.0. The van der Waals surface area contributed by atoms with Crippen molar-refractivity contribution in [2.24, 2.45) is 50.2 Å². The lowest BCUT2D eigenvalue weighted by atomic mass is 9.33. The lowest BCUT2D eigenvalue weighted by Crippen LogP contribution is -2.68. The van der Waals surface area contributed by atoms with Crippen LogP contribution in [0.5, 0.6) is 0 Å². The minimum Gasteiger partial charge on any atom is -0.479 e. The van der Waals surface area contributed by atoms with E-state index in [4.69, 9.17) is 56.8 Å². The SMILES string of the molecule is CC(=O)O[C@@H]1[C@@H](O)[C@H](O[C@@H]2[C@@H](O[C@@H]3OC[C@@H](O)[C@H](O)[C@H]3O)[C@@H](O)[C@H](O[C@H]3[C@H](OC(=O)[C@]45CCC(C)(C)C[C@H]4C4=CC[C@@H]6[C@@]7(C)CC[C@H](O[C@@H]8O[C@H](C(=O)O)[C@@H](O)[C@H](O)[C@H]8O)C(C)(C)[C@@H]7CC[C@@]6(C)[C@]4(C)C[C@H]5O)OC[C@H](O)[C@@H]3O)O[C@H]2C)OC[C@H]1OC(C)=O. The highest BCUT2D eigenvalue weighted by Crippen LogP contribution is 2.76. The molecule has 506 valence electrons. The van der Waals surface area contributed by atoms with E-state index in [1.165, 1.54) is 6.92 Å². The molecule has 28 nitrogen and oxygen atoms in total. The monoisotopic (exact) mass is 1270 g/mol. The Balaban J connectivity index is 0.898. The summed E-state index contributed by atoms with van der Waals surface area (Å²) in [5, 5.41) is 133. The maximum absolute atomic E-state index is 15.6. The van der Waals surface area contributed by atoms with Crippen molar-refractivity contribution in [1.29, 1.82) is 0 Å². The van der Waals surface area contributed by atoms with E-state index < -0.39 is 219 Å². The van der Waals surface area contributed by atoms with Crippen LogP contribution in [0.1, 0.15) is 127 Å². The molecule has 0 amide bonds. The van der Waals surface area contributed by atoms with Gasteiger partial charge in [-0.2, -0.15) is 0 Å². The van der Waals surface area contributed by atoms with Crippen molar-refractivity contribution >= 4 is 23.9 Å². The topological polar surface area (TPSA) is 422 Å². The molecule has 28 heteroatoms. The summed E-state index contributed by atoms with van der Waals surface area (Å²) in [5.41, 5.74) is -2.77. The average molecular weight is 1280 g/mol. The third kappa shape index (κ3) is 11.9. The number of aliphatic hydroxyl groups excluding tert-OH is 11. The number of carboxylic acid groups (broad SMARTS) is 1. The van der Waals surface area contributed by atoms with E-state index in [-0.39, 0.29) is 35.5 Å². The summed E-state index contributed by atoms with van der Waals surface area (Å²) < 4.78 is 71.1.